The molecule has 0 fully saturated rings. The molecular formula is C15H25N5. The summed E-state index contributed by atoms with van der Waals surface area (Å²) in [7, 11) is 0. The number of aromatic nitrogens is 4. The van der Waals surface area contributed by atoms with Crippen LogP contribution in [0.25, 0.3) is 0 Å². The van der Waals surface area contributed by atoms with E-state index in [0.29, 0.717) is 6.04 Å². The van der Waals surface area contributed by atoms with E-state index >= 15 is 0 Å². The van der Waals surface area contributed by atoms with Gasteiger partial charge in [0.05, 0.1) is 11.4 Å². The smallest absolute Gasteiger partial charge is 0.0638 e. The third-order valence-corrected chi connectivity index (χ3v) is 3.75. The summed E-state index contributed by atoms with van der Waals surface area (Å²) in [6.07, 6.45) is 5.09. The molecule has 2 heterocycles. The lowest BCUT2D eigenvalue weighted by Crippen LogP contribution is -2.18. The summed E-state index contributed by atoms with van der Waals surface area (Å²) in [5.74, 6) is 0. The summed E-state index contributed by atoms with van der Waals surface area (Å²) >= 11 is 0. The Labute approximate surface area is 121 Å². The SMILES string of the molecule is CC[C@H](C)n1nccc1CNCc1cn(CC)nc1C. The lowest BCUT2D eigenvalue weighted by Gasteiger charge is -2.14. The van der Waals surface area contributed by atoms with Gasteiger partial charge in [-0.3, -0.25) is 9.36 Å². The van der Waals surface area contributed by atoms with Crippen molar-refractivity contribution in [3.63, 3.8) is 0 Å². The van der Waals surface area contributed by atoms with E-state index in [1.165, 1.54) is 11.3 Å². The van der Waals surface area contributed by atoms with Gasteiger partial charge in [0, 0.05) is 43.6 Å². The van der Waals surface area contributed by atoms with Crippen molar-refractivity contribution < 1.29 is 0 Å². The molecule has 5 heteroatoms. The van der Waals surface area contributed by atoms with Gasteiger partial charge in [0.2, 0.25) is 0 Å². The average molecular weight is 275 g/mol. The van der Waals surface area contributed by atoms with Gasteiger partial charge in [0.1, 0.15) is 0 Å². The Morgan fingerprint density at radius 1 is 1.30 bits per heavy atom. The third-order valence-electron chi connectivity index (χ3n) is 3.75. The fraction of sp³-hybridized carbons (Fsp3) is 0.600. The van der Waals surface area contributed by atoms with Crippen molar-refractivity contribution in [2.75, 3.05) is 0 Å². The van der Waals surface area contributed by atoms with Crippen molar-refractivity contribution in [3.05, 3.63) is 35.4 Å². The predicted molar refractivity (Wildman–Crippen MR) is 80.4 cm³/mol. The van der Waals surface area contributed by atoms with Crippen LogP contribution in [0.15, 0.2) is 18.5 Å². The molecule has 5 nitrogen and oxygen atoms in total. The standard InChI is InChI=1S/C15H25N5/c1-5-12(3)20-15(7-8-17-20)10-16-9-14-11-19(6-2)18-13(14)4/h7-8,11-12,16H,5-6,9-10H2,1-4H3/t12-/m0/s1. The molecule has 1 atom stereocenters. The van der Waals surface area contributed by atoms with Crippen LogP contribution in [0, 0.1) is 6.92 Å². The molecule has 0 radical (unpaired) electrons. The van der Waals surface area contributed by atoms with Crippen LogP contribution in [-0.2, 0) is 19.6 Å². The quantitative estimate of drug-likeness (QED) is 0.845. The number of aryl methyl sites for hydroxylation is 2. The molecule has 2 aromatic heterocycles. The van der Waals surface area contributed by atoms with E-state index in [4.69, 9.17) is 0 Å². The zero-order valence-corrected chi connectivity index (χ0v) is 12.9. The minimum Gasteiger partial charge on any atom is -0.307 e. The second-order valence-electron chi connectivity index (χ2n) is 5.22. The van der Waals surface area contributed by atoms with E-state index < -0.39 is 0 Å². The predicted octanol–water partition coefficient (Wildman–Crippen LogP) is 2.67. The average Bonchev–Trinajstić information content (AvgIpc) is 3.05. The lowest BCUT2D eigenvalue weighted by atomic mass is 10.2. The monoisotopic (exact) mass is 275 g/mol. The lowest BCUT2D eigenvalue weighted by molar-refractivity contribution is 0.451. The maximum atomic E-state index is 4.46. The largest absolute Gasteiger partial charge is 0.307 e. The van der Waals surface area contributed by atoms with E-state index in [2.05, 4.69) is 60.2 Å². The Balaban J connectivity index is 1.93. The molecular weight excluding hydrogens is 250 g/mol. The van der Waals surface area contributed by atoms with Crippen molar-refractivity contribution in [1.29, 1.82) is 0 Å². The van der Waals surface area contributed by atoms with Gasteiger partial charge in [-0.1, -0.05) is 6.92 Å². The van der Waals surface area contributed by atoms with Crippen LogP contribution >= 0.6 is 0 Å². The Morgan fingerprint density at radius 2 is 2.10 bits per heavy atom. The zero-order valence-electron chi connectivity index (χ0n) is 12.9. The first-order valence-corrected chi connectivity index (χ1v) is 7.41. The fourth-order valence-electron chi connectivity index (χ4n) is 2.27. The molecule has 0 spiro atoms. The molecule has 0 aliphatic carbocycles. The Kier molecular flexibility index (Phi) is 4.95. The number of hydrogen-bond acceptors (Lipinski definition) is 3. The molecule has 1 N–H and O–H groups in total. The van der Waals surface area contributed by atoms with Gasteiger partial charge in [0.25, 0.3) is 0 Å². The summed E-state index contributed by atoms with van der Waals surface area (Å²) in [4.78, 5) is 0. The summed E-state index contributed by atoms with van der Waals surface area (Å²) < 4.78 is 4.09. The first-order valence-electron chi connectivity index (χ1n) is 7.41. The number of nitrogens with zero attached hydrogens (tertiary/aromatic N) is 4. The number of hydrogen-bond donors (Lipinski definition) is 1. The Morgan fingerprint density at radius 3 is 2.75 bits per heavy atom. The number of nitrogens with one attached hydrogen (secondary N) is 1. The molecule has 0 saturated carbocycles. The second kappa shape index (κ2) is 6.70. The highest BCUT2D eigenvalue weighted by atomic mass is 15.3. The van der Waals surface area contributed by atoms with Crippen LogP contribution in [0.1, 0.15) is 50.2 Å². The van der Waals surface area contributed by atoms with E-state index in [1.807, 2.05) is 10.9 Å². The minimum atomic E-state index is 0.450. The Hall–Kier alpha value is -1.62. The molecule has 0 aliphatic rings. The van der Waals surface area contributed by atoms with Gasteiger partial charge in [-0.25, -0.2) is 0 Å². The van der Waals surface area contributed by atoms with Gasteiger partial charge in [-0.2, -0.15) is 10.2 Å². The molecule has 0 aliphatic heterocycles. The van der Waals surface area contributed by atoms with Crippen LogP contribution in [0.3, 0.4) is 0 Å². The van der Waals surface area contributed by atoms with Crippen molar-refractivity contribution in [2.45, 2.75) is 59.8 Å². The first kappa shape index (κ1) is 14.8. The third kappa shape index (κ3) is 3.28. The van der Waals surface area contributed by atoms with Gasteiger partial charge in [-0.15, -0.1) is 0 Å². The summed E-state index contributed by atoms with van der Waals surface area (Å²) in [5.41, 5.74) is 3.61. The topological polar surface area (TPSA) is 47.7 Å². The van der Waals surface area contributed by atoms with Crippen LogP contribution in [0.4, 0.5) is 0 Å². The van der Waals surface area contributed by atoms with Crippen LogP contribution < -0.4 is 5.32 Å². The zero-order chi connectivity index (χ0) is 14.5. The van der Waals surface area contributed by atoms with Gasteiger partial charge in [0.15, 0.2) is 0 Å². The molecule has 2 rings (SSSR count). The normalized spacial score (nSPS) is 12.8. The second-order valence-corrected chi connectivity index (χ2v) is 5.22. The van der Waals surface area contributed by atoms with Gasteiger partial charge >= 0.3 is 0 Å². The molecule has 0 unspecified atom stereocenters. The van der Waals surface area contributed by atoms with Crippen molar-refractivity contribution in [2.24, 2.45) is 0 Å². The van der Waals surface area contributed by atoms with Crippen LogP contribution in [0.5, 0.6) is 0 Å². The van der Waals surface area contributed by atoms with E-state index in [1.54, 1.807) is 0 Å². The molecule has 0 amide bonds. The molecule has 20 heavy (non-hydrogen) atoms. The first-order chi connectivity index (χ1) is 9.65. The number of rotatable bonds is 7. The molecule has 0 bridgehead atoms. The molecule has 0 saturated heterocycles. The van der Waals surface area contributed by atoms with Crippen LogP contribution in [0.2, 0.25) is 0 Å². The summed E-state index contributed by atoms with van der Waals surface area (Å²) in [6, 6.07) is 2.54. The van der Waals surface area contributed by atoms with Crippen molar-refractivity contribution in [1.82, 2.24) is 24.9 Å². The summed E-state index contributed by atoms with van der Waals surface area (Å²) in [5, 5.41) is 12.4. The van der Waals surface area contributed by atoms with Gasteiger partial charge < -0.3 is 5.32 Å². The van der Waals surface area contributed by atoms with E-state index in [-0.39, 0.29) is 0 Å². The van der Waals surface area contributed by atoms with Crippen molar-refractivity contribution in [3.8, 4) is 0 Å². The van der Waals surface area contributed by atoms with Crippen LogP contribution in [-0.4, -0.2) is 19.6 Å². The van der Waals surface area contributed by atoms with E-state index in [9.17, 15) is 0 Å². The minimum absolute atomic E-state index is 0.450. The van der Waals surface area contributed by atoms with Crippen molar-refractivity contribution >= 4 is 0 Å². The highest BCUT2D eigenvalue weighted by Gasteiger charge is 2.08. The molecule has 110 valence electrons. The Bertz CT molecular complexity index is 540. The highest BCUT2D eigenvalue weighted by Crippen LogP contribution is 2.12. The van der Waals surface area contributed by atoms with Gasteiger partial charge in [-0.05, 0) is 33.3 Å². The molecule has 0 aromatic carbocycles. The highest BCUT2D eigenvalue weighted by molar-refractivity contribution is 5.15. The maximum absolute atomic E-state index is 4.46. The van der Waals surface area contributed by atoms with E-state index in [0.717, 1.165) is 31.7 Å². The molecule has 2 aromatic rings. The fourth-order valence-corrected chi connectivity index (χ4v) is 2.27. The summed E-state index contributed by atoms with van der Waals surface area (Å²) in [6.45, 7) is 11.2. The maximum Gasteiger partial charge on any atom is 0.0638 e.